The molecule has 3 fully saturated rings. The highest BCUT2D eigenvalue weighted by molar-refractivity contribution is 5.57. The highest BCUT2D eigenvalue weighted by Crippen LogP contribution is 2.43. The predicted octanol–water partition coefficient (Wildman–Crippen LogP) is 2.95. The van der Waals surface area contributed by atoms with Crippen LogP contribution < -0.4 is 10.5 Å². The molecule has 4 rings (SSSR count). The zero-order chi connectivity index (χ0) is 15.2. The molecule has 1 aliphatic heterocycles. The Morgan fingerprint density at radius 3 is 2.91 bits per heavy atom. The van der Waals surface area contributed by atoms with Crippen molar-refractivity contribution >= 4 is 11.8 Å². The van der Waals surface area contributed by atoms with Gasteiger partial charge in [-0.2, -0.15) is 0 Å². The van der Waals surface area contributed by atoms with Crippen molar-refractivity contribution in [2.45, 2.75) is 50.7 Å². The van der Waals surface area contributed by atoms with Gasteiger partial charge in [0.1, 0.15) is 5.69 Å². The molecule has 1 spiro atoms. The third-order valence-electron chi connectivity index (χ3n) is 5.55. The van der Waals surface area contributed by atoms with Gasteiger partial charge in [-0.3, -0.25) is 4.79 Å². The van der Waals surface area contributed by atoms with E-state index in [1.165, 1.54) is 19.3 Å². The number of ether oxygens (including phenoxy) is 1. The van der Waals surface area contributed by atoms with Crippen molar-refractivity contribution in [1.82, 2.24) is 4.98 Å². The standard InChI is InChI=1S/C18H24N2O2/c1-13-18(7-2-8-18)22-10-9-20(13)16-11-15(12-19-17(16)21)6-5-14-3-4-14/h5-6,11-14H,2-4,7-10H2,1H3,(H,19,21)/b6-5+. The fourth-order valence-electron chi connectivity index (χ4n) is 3.70. The molecule has 0 bridgehead atoms. The second-order valence-corrected chi connectivity index (χ2v) is 6.98. The van der Waals surface area contributed by atoms with Crippen LogP contribution in [0.5, 0.6) is 0 Å². The maximum atomic E-state index is 12.3. The molecular weight excluding hydrogens is 276 g/mol. The van der Waals surface area contributed by atoms with Crippen LogP contribution in [-0.4, -0.2) is 29.8 Å². The molecule has 1 saturated heterocycles. The molecule has 1 unspecified atom stereocenters. The van der Waals surface area contributed by atoms with Gasteiger partial charge < -0.3 is 14.6 Å². The summed E-state index contributed by atoms with van der Waals surface area (Å²) in [5.41, 5.74) is 1.86. The lowest BCUT2D eigenvalue weighted by molar-refractivity contribution is -0.129. The van der Waals surface area contributed by atoms with E-state index in [0.717, 1.165) is 36.6 Å². The molecule has 4 heteroatoms. The van der Waals surface area contributed by atoms with Gasteiger partial charge in [-0.1, -0.05) is 12.2 Å². The Morgan fingerprint density at radius 1 is 1.41 bits per heavy atom. The van der Waals surface area contributed by atoms with E-state index in [0.29, 0.717) is 6.61 Å². The fourth-order valence-corrected chi connectivity index (χ4v) is 3.70. The van der Waals surface area contributed by atoms with Crippen molar-refractivity contribution in [2.75, 3.05) is 18.1 Å². The molecule has 2 saturated carbocycles. The van der Waals surface area contributed by atoms with Crippen molar-refractivity contribution in [3.8, 4) is 0 Å². The first-order valence-corrected chi connectivity index (χ1v) is 8.49. The fraction of sp³-hybridized carbons (Fsp3) is 0.611. The lowest BCUT2D eigenvalue weighted by Gasteiger charge is -2.53. The van der Waals surface area contributed by atoms with Crippen molar-refractivity contribution in [2.24, 2.45) is 5.92 Å². The molecule has 2 aliphatic carbocycles. The molecule has 118 valence electrons. The second-order valence-electron chi connectivity index (χ2n) is 6.98. The summed E-state index contributed by atoms with van der Waals surface area (Å²) < 4.78 is 6.05. The molecule has 1 aromatic rings. The Morgan fingerprint density at radius 2 is 2.23 bits per heavy atom. The van der Waals surface area contributed by atoms with Crippen LogP contribution in [0.4, 0.5) is 5.69 Å². The molecule has 3 aliphatic rings. The smallest absolute Gasteiger partial charge is 0.271 e. The number of allylic oxidation sites excluding steroid dienone is 1. The SMILES string of the molecule is CC1N(c2cc(/C=C/C3CC3)c[nH]c2=O)CCOC12CCC2. The highest BCUT2D eigenvalue weighted by atomic mass is 16.5. The maximum Gasteiger partial charge on any atom is 0.271 e. The summed E-state index contributed by atoms with van der Waals surface area (Å²) in [6.45, 7) is 3.71. The number of H-pyrrole nitrogens is 1. The van der Waals surface area contributed by atoms with E-state index in [-0.39, 0.29) is 17.2 Å². The van der Waals surface area contributed by atoms with E-state index < -0.39 is 0 Å². The normalized spacial score (nSPS) is 27.3. The molecule has 22 heavy (non-hydrogen) atoms. The van der Waals surface area contributed by atoms with Crippen LogP contribution in [0, 0.1) is 5.92 Å². The lowest BCUT2D eigenvalue weighted by atomic mass is 9.73. The summed E-state index contributed by atoms with van der Waals surface area (Å²) in [5.74, 6) is 0.746. The van der Waals surface area contributed by atoms with Crippen molar-refractivity contribution in [3.05, 3.63) is 34.3 Å². The van der Waals surface area contributed by atoms with E-state index >= 15 is 0 Å². The number of pyridine rings is 1. The van der Waals surface area contributed by atoms with Crippen molar-refractivity contribution < 1.29 is 4.74 Å². The van der Waals surface area contributed by atoms with Crippen LogP contribution in [0.2, 0.25) is 0 Å². The molecule has 4 nitrogen and oxygen atoms in total. The van der Waals surface area contributed by atoms with Gasteiger partial charge >= 0.3 is 0 Å². The largest absolute Gasteiger partial charge is 0.371 e. The first-order chi connectivity index (χ1) is 10.7. The first-order valence-electron chi connectivity index (χ1n) is 8.49. The van der Waals surface area contributed by atoms with E-state index in [9.17, 15) is 4.79 Å². The molecule has 1 atom stereocenters. The number of aromatic amines is 1. The quantitative estimate of drug-likeness (QED) is 0.933. The second kappa shape index (κ2) is 5.27. The zero-order valence-electron chi connectivity index (χ0n) is 13.2. The van der Waals surface area contributed by atoms with Crippen LogP contribution >= 0.6 is 0 Å². The Labute approximate surface area is 131 Å². The molecule has 1 aromatic heterocycles. The number of morpholine rings is 1. The lowest BCUT2D eigenvalue weighted by Crippen LogP contribution is -2.62. The number of aromatic nitrogens is 1. The summed E-state index contributed by atoms with van der Waals surface area (Å²) in [6, 6.07) is 2.30. The zero-order valence-corrected chi connectivity index (χ0v) is 13.2. The number of nitrogens with one attached hydrogen (secondary N) is 1. The molecule has 2 heterocycles. The molecular formula is C18H24N2O2. The number of nitrogens with zero attached hydrogens (tertiary/aromatic N) is 1. The average molecular weight is 300 g/mol. The Hall–Kier alpha value is -1.55. The third kappa shape index (κ3) is 2.39. The summed E-state index contributed by atoms with van der Waals surface area (Å²) in [5, 5.41) is 0. The van der Waals surface area contributed by atoms with Gasteiger partial charge in [-0.05, 0) is 56.6 Å². The first kappa shape index (κ1) is 14.1. The Kier molecular flexibility index (Phi) is 3.37. The van der Waals surface area contributed by atoms with Crippen LogP contribution in [0.25, 0.3) is 6.08 Å². The number of anilines is 1. The molecule has 0 aromatic carbocycles. The minimum atomic E-state index is -0.0233. The molecule has 0 radical (unpaired) electrons. The van der Waals surface area contributed by atoms with Gasteiger partial charge in [0.05, 0.1) is 18.2 Å². The van der Waals surface area contributed by atoms with Gasteiger partial charge in [-0.15, -0.1) is 0 Å². The topological polar surface area (TPSA) is 45.3 Å². The van der Waals surface area contributed by atoms with Crippen LogP contribution in [0.3, 0.4) is 0 Å². The summed E-state index contributed by atoms with van der Waals surface area (Å²) in [6.07, 6.45) is 12.3. The van der Waals surface area contributed by atoms with Crippen LogP contribution in [0.15, 0.2) is 23.1 Å². The minimum Gasteiger partial charge on any atom is -0.371 e. The van der Waals surface area contributed by atoms with E-state index in [4.69, 9.17) is 4.74 Å². The predicted molar refractivity (Wildman–Crippen MR) is 88.2 cm³/mol. The van der Waals surface area contributed by atoms with Gasteiger partial charge in [0, 0.05) is 12.7 Å². The van der Waals surface area contributed by atoms with Crippen LogP contribution in [0.1, 0.15) is 44.6 Å². The minimum absolute atomic E-state index is 0.00629. The summed E-state index contributed by atoms with van der Waals surface area (Å²) in [7, 11) is 0. The summed E-state index contributed by atoms with van der Waals surface area (Å²) in [4.78, 5) is 17.5. The average Bonchev–Trinajstić information content (AvgIpc) is 3.30. The molecule has 0 amide bonds. The van der Waals surface area contributed by atoms with Gasteiger partial charge in [0.2, 0.25) is 0 Å². The monoisotopic (exact) mass is 300 g/mol. The number of rotatable bonds is 3. The van der Waals surface area contributed by atoms with E-state index in [2.05, 4.69) is 29.0 Å². The van der Waals surface area contributed by atoms with Crippen molar-refractivity contribution in [3.63, 3.8) is 0 Å². The van der Waals surface area contributed by atoms with Gasteiger partial charge in [0.25, 0.3) is 5.56 Å². The summed E-state index contributed by atoms with van der Waals surface area (Å²) >= 11 is 0. The molecule has 1 N–H and O–H groups in total. The number of hydrogen-bond acceptors (Lipinski definition) is 3. The third-order valence-corrected chi connectivity index (χ3v) is 5.55. The highest BCUT2D eigenvalue weighted by Gasteiger charge is 2.48. The van der Waals surface area contributed by atoms with Gasteiger partial charge in [0.15, 0.2) is 0 Å². The van der Waals surface area contributed by atoms with Crippen LogP contribution in [-0.2, 0) is 4.74 Å². The Balaban J connectivity index is 1.62. The van der Waals surface area contributed by atoms with Gasteiger partial charge in [-0.25, -0.2) is 0 Å². The maximum absolute atomic E-state index is 12.3. The van der Waals surface area contributed by atoms with Crippen molar-refractivity contribution in [1.29, 1.82) is 0 Å². The number of hydrogen-bond donors (Lipinski definition) is 1. The van der Waals surface area contributed by atoms with E-state index in [1.54, 1.807) is 0 Å². The van der Waals surface area contributed by atoms with E-state index in [1.807, 2.05) is 12.3 Å². The Bertz CT molecular complexity index is 641.